The highest BCUT2D eigenvalue weighted by Gasteiger charge is 2.10. The molecule has 1 aliphatic rings. The summed E-state index contributed by atoms with van der Waals surface area (Å²) in [5.41, 5.74) is 2.29. The van der Waals surface area contributed by atoms with Gasteiger partial charge in [-0.05, 0) is 24.5 Å². The second kappa shape index (κ2) is 4.73. The number of aromatic nitrogens is 1. The lowest BCUT2D eigenvalue weighted by Gasteiger charge is -2.05. The van der Waals surface area contributed by atoms with Crippen LogP contribution in [0.5, 0.6) is 0 Å². The van der Waals surface area contributed by atoms with E-state index >= 15 is 0 Å². The lowest BCUT2D eigenvalue weighted by Crippen LogP contribution is -2.15. The molecule has 0 aromatic carbocycles. The van der Waals surface area contributed by atoms with Gasteiger partial charge < -0.3 is 5.32 Å². The summed E-state index contributed by atoms with van der Waals surface area (Å²) in [4.78, 5) is 15.0. The molecule has 15 heavy (non-hydrogen) atoms. The molecule has 1 heterocycles. The lowest BCUT2D eigenvalue weighted by molar-refractivity contribution is -0.114. The highest BCUT2D eigenvalue weighted by Crippen LogP contribution is 2.11. The Labute approximate surface area is 89.2 Å². The number of allylic oxidation sites excluding steroid dienone is 2. The normalized spacial score (nSPS) is 15.2. The van der Waals surface area contributed by atoms with E-state index < -0.39 is 0 Å². The third-order valence-corrected chi connectivity index (χ3v) is 2.46. The fourth-order valence-corrected chi connectivity index (χ4v) is 1.65. The molecular formula is C12H14N2O. The van der Waals surface area contributed by atoms with Crippen LogP contribution >= 0.6 is 0 Å². The summed E-state index contributed by atoms with van der Waals surface area (Å²) in [6.07, 6.45) is 7.83. The standard InChI is InChI=1S/C12H14N2O/c15-12-4-3-11(8-12)14-7-5-10-2-1-6-13-9-10/h1-2,6,8-9,14H,3-5,7H2. The third kappa shape index (κ3) is 2.91. The number of nitrogens with one attached hydrogen (secondary N) is 1. The molecule has 0 spiro atoms. The molecule has 3 nitrogen and oxygen atoms in total. The molecule has 0 saturated carbocycles. The first kappa shape index (κ1) is 9.90. The first-order chi connectivity index (χ1) is 7.34. The Kier molecular flexibility index (Phi) is 3.12. The monoisotopic (exact) mass is 202 g/mol. The number of carbonyl (C=O) groups is 1. The molecule has 0 radical (unpaired) electrons. The molecule has 0 bridgehead atoms. The Bertz CT molecular complexity index is 370. The molecular weight excluding hydrogens is 188 g/mol. The van der Waals surface area contributed by atoms with Gasteiger partial charge in [0, 0.05) is 37.1 Å². The Morgan fingerprint density at radius 3 is 3.00 bits per heavy atom. The average Bonchev–Trinajstić information content (AvgIpc) is 2.66. The SMILES string of the molecule is O=C1C=C(NCCc2cccnc2)CC1. The van der Waals surface area contributed by atoms with Gasteiger partial charge in [-0.3, -0.25) is 9.78 Å². The minimum atomic E-state index is 0.235. The third-order valence-electron chi connectivity index (χ3n) is 2.46. The fourth-order valence-electron chi connectivity index (χ4n) is 1.65. The molecule has 0 atom stereocenters. The van der Waals surface area contributed by atoms with E-state index in [1.807, 2.05) is 12.3 Å². The first-order valence-electron chi connectivity index (χ1n) is 5.21. The zero-order valence-electron chi connectivity index (χ0n) is 8.57. The van der Waals surface area contributed by atoms with Crippen molar-refractivity contribution < 1.29 is 4.79 Å². The predicted octanol–water partition coefficient (Wildman–Crippen LogP) is 1.46. The van der Waals surface area contributed by atoms with Gasteiger partial charge in [-0.25, -0.2) is 0 Å². The van der Waals surface area contributed by atoms with Crippen LogP contribution in [0.4, 0.5) is 0 Å². The number of hydrogen-bond donors (Lipinski definition) is 1. The molecule has 0 fully saturated rings. The maximum Gasteiger partial charge on any atom is 0.157 e. The topological polar surface area (TPSA) is 42.0 Å². The van der Waals surface area contributed by atoms with Crippen molar-refractivity contribution in [3.8, 4) is 0 Å². The highest BCUT2D eigenvalue weighted by molar-refractivity contribution is 5.92. The van der Waals surface area contributed by atoms with E-state index in [4.69, 9.17) is 0 Å². The van der Waals surface area contributed by atoms with Crippen LogP contribution in [0.3, 0.4) is 0 Å². The van der Waals surface area contributed by atoms with Crippen LogP contribution in [0.2, 0.25) is 0 Å². The van der Waals surface area contributed by atoms with Crippen LogP contribution in [0.25, 0.3) is 0 Å². The van der Waals surface area contributed by atoms with Crippen molar-refractivity contribution in [2.45, 2.75) is 19.3 Å². The number of rotatable bonds is 4. The molecule has 78 valence electrons. The van der Waals surface area contributed by atoms with Gasteiger partial charge in [0.2, 0.25) is 0 Å². The van der Waals surface area contributed by atoms with Crippen LogP contribution < -0.4 is 5.32 Å². The summed E-state index contributed by atoms with van der Waals surface area (Å²) in [7, 11) is 0. The van der Waals surface area contributed by atoms with Crippen molar-refractivity contribution in [3.63, 3.8) is 0 Å². The zero-order valence-corrected chi connectivity index (χ0v) is 8.57. The maximum atomic E-state index is 11.0. The Hall–Kier alpha value is -1.64. The van der Waals surface area contributed by atoms with Crippen molar-refractivity contribution in [2.75, 3.05) is 6.54 Å². The number of hydrogen-bond acceptors (Lipinski definition) is 3. The molecule has 0 saturated heterocycles. The summed E-state index contributed by atoms with van der Waals surface area (Å²) in [5.74, 6) is 0.235. The summed E-state index contributed by atoms with van der Waals surface area (Å²) in [5, 5.41) is 3.27. The molecule has 0 amide bonds. The van der Waals surface area contributed by atoms with Crippen LogP contribution in [0.15, 0.2) is 36.3 Å². The quantitative estimate of drug-likeness (QED) is 0.803. The summed E-state index contributed by atoms with van der Waals surface area (Å²) in [6, 6.07) is 4.00. The van der Waals surface area contributed by atoms with E-state index in [0.717, 1.165) is 25.1 Å². The predicted molar refractivity (Wildman–Crippen MR) is 58.3 cm³/mol. The smallest absolute Gasteiger partial charge is 0.157 e. The van der Waals surface area contributed by atoms with E-state index in [2.05, 4.69) is 16.4 Å². The van der Waals surface area contributed by atoms with Crippen LogP contribution in [-0.4, -0.2) is 17.3 Å². The molecule has 1 aromatic heterocycles. The Morgan fingerprint density at radius 2 is 2.33 bits per heavy atom. The second-order valence-corrected chi connectivity index (χ2v) is 3.67. The molecule has 1 N–H and O–H groups in total. The van der Waals surface area contributed by atoms with Crippen molar-refractivity contribution in [1.82, 2.24) is 10.3 Å². The Morgan fingerprint density at radius 1 is 1.40 bits per heavy atom. The molecule has 1 aromatic rings. The summed E-state index contributed by atoms with van der Waals surface area (Å²) in [6.45, 7) is 0.866. The zero-order chi connectivity index (χ0) is 10.5. The molecule has 2 rings (SSSR count). The largest absolute Gasteiger partial charge is 0.388 e. The van der Waals surface area contributed by atoms with Gasteiger partial charge in [-0.15, -0.1) is 0 Å². The maximum absolute atomic E-state index is 11.0. The van der Waals surface area contributed by atoms with E-state index in [-0.39, 0.29) is 5.78 Å². The van der Waals surface area contributed by atoms with Crippen molar-refractivity contribution >= 4 is 5.78 Å². The van der Waals surface area contributed by atoms with Crippen LogP contribution in [0.1, 0.15) is 18.4 Å². The molecule has 0 unspecified atom stereocenters. The van der Waals surface area contributed by atoms with Gasteiger partial charge in [-0.2, -0.15) is 0 Å². The van der Waals surface area contributed by atoms with Crippen LogP contribution in [-0.2, 0) is 11.2 Å². The number of nitrogens with zero attached hydrogens (tertiary/aromatic N) is 1. The number of ketones is 1. The van der Waals surface area contributed by atoms with Gasteiger partial charge in [0.15, 0.2) is 5.78 Å². The van der Waals surface area contributed by atoms with Crippen molar-refractivity contribution in [3.05, 3.63) is 41.9 Å². The lowest BCUT2D eigenvalue weighted by atomic mass is 10.2. The van der Waals surface area contributed by atoms with Crippen molar-refractivity contribution in [2.24, 2.45) is 0 Å². The number of carbonyl (C=O) groups excluding carboxylic acids is 1. The van der Waals surface area contributed by atoms with E-state index in [9.17, 15) is 4.79 Å². The molecule has 1 aliphatic carbocycles. The second-order valence-electron chi connectivity index (χ2n) is 3.67. The van der Waals surface area contributed by atoms with E-state index in [1.54, 1.807) is 12.3 Å². The minimum absolute atomic E-state index is 0.235. The molecule has 3 heteroatoms. The summed E-state index contributed by atoms with van der Waals surface area (Å²) < 4.78 is 0. The average molecular weight is 202 g/mol. The van der Waals surface area contributed by atoms with Crippen LogP contribution in [0, 0.1) is 0 Å². The minimum Gasteiger partial charge on any atom is -0.388 e. The fraction of sp³-hybridized carbons (Fsp3) is 0.333. The summed E-state index contributed by atoms with van der Waals surface area (Å²) >= 11 is 0. The highest BCUT2D eigenvalue weighted by atomic mass is 16.1. The Balaban J connectivity index is 1.76. The van der Waals surface area contributed by atoms with Gasteiger partial charge in [0.25, 0.3) is 0 Å². The van der Waals surface area contributed by atoms with Crippen molar-refractivity contribution in [1.29, 1.82) is 0 Å². The van der Waals surface area contributed by atoms with Gasteiger partial charge in [0.1, 0.15) is 0 Å². The van der Waals surface area contributed by atoms with Gasteiger partial charge >= 0.3 is 0 Å². The van der Waals surface area contributed by atoms with E-state index in [0.29, 0.717) is 6.42 Å². The van der Waals surface area contributed by atoms with Gasteiger partial charge in [-0.1, -0.05) is 6.07 Å². The molecule has 0 aliphatic heterocycles. The van der Waals surface area contributed by atoms with E-state index in [1.165, 1.54) is 5.56 Å². The van der Waals surface area contributed by atoms with Gasteiger partial charge in [0.05, 0.1) is 0 Å². The first-order valence-corrected chi connectivity index (χ1v) is 5.21. The number of pyridine rings is 1.